The Balaban J connectivity index is 1.35. The molecule has 9 aromatic carbocycles. The van der Waals surface area contributed by atoms with Crippen molar-refractivity contribution in [3.05, 3.63) is 223 Å². The van der Waals surface area contributed by atoms with Gasteiger partial charge in [0, 0.05) is 21.9 Å². The van der Waals surface area contributed by atoms with Crippen molar-refractivity contribution in [2.75, 3.05) is 0 Å². The Labute approximate surface area is 395 Å². The molecule has 0 atom stereocenters. The first-order valence-electron chi connectivity index (χ1n) is 21.6. The molecular weight excluding hydrogens is 935 g/mol. The minimum atomic E-state index is -5.03. The summed E-state index contributed by atoms with van der Waals surface area (Å²) < 4.78 is 153. The van der Waals surface area contributed by atoms with E-state index >= 15 is 26.3 Å². The molecule has 0 spiro atoms. The van der Waals surface area contributed by atoms with Crippen molar-refractivity contribution in [1.82, 2.24) is 0 Å². The maximum absolute atomic E-state index is 15.4. The molecule has 0 N–H and O–H groups in total. The zero-order chi connectivity index (χ0) is 48.8. The minimum Gasteiger partial charge on any atom is -0.391 e. The average Bonchev–Trinajstić information content (AvgIpc) is 3.52. The molecule has 70 heavy (non-hydrogen) atoms. The van der Waals surface area contributed by atoms with Crippen LogP contribution in [0.4, 0.5) is 39.5 Å². The van der Waals surface area contributed by atoms with Gasteiger partial charge in [-0.25, -0.2) is 0 Å². The van der Waals surface area contributed by atoms with Crippen molar-refractivity contribution >= 4 is 30.2 Å². The molecule has 0 fully saturated rings. The van der Waals surface area contributed by atoms with Gasteiger partial charge >= 0.3 is 26.8 Å². The van der Waals surface area contributed by atoms with Crippen LogP contribution in [0.5, 0.6) is 5.75 Å². The van der Waals surface area contributed by atoms with Gasteiger partial charge in [0.25, 0.3) is 0 Å². The van der Waals surface area contributed by atoms with Crippen LogP contribution in [-0.4, -0.2) is 0 Å². The molecule has 1 aromatic heterocycles. The van der Waals surface area contributed by atoms with E-state index in [1.165, 1.54) is 0 Å². The van der Waals surface area contributed by atoms with Gasteiger partial charge in [0.05, 0.1) is 16.7 Å². The van der Waals surface area contributed by atoms with Crippen molar-refractivity contribution in [2.24, 2.45) is 0 Å². The summed E-state index contributed by atoms with van der Waals surface area (Å²) in [7, 11) is -2.92. The van der Waals surface area contributed by atoms with E-state index in [4.69, 9.17) is 12.9 Å². The van der Waals surface area contributed by atoms with Crippen LogP contribution in [0.2, 0.25) is 0 Å². The molecule has 1 heterocycles. The van der Waals surface area contributed by atoms with Gasteiger partial charge in [-0.2, -0.15) is 39.5 Å². The lowest BCUT2D eigenvalue weighted by molar-refractivity contribution is -0.138. The van der Waals surface area contributed by atoms with Gasteiger partial charge in [-0.05, 0) is 141 Å². The lowest BCUT2D eigenvalue weighted by Gasteiger charge is -2.16. The van der Waals surface area contributed by atoms with Crippen LogP contribution < -0.4 is 4.52 Å². The molecule has 13 heteroatoms. The van der Waals surface area contributed by atoms with Crippen LogP contribution in [0.3, 0.4) is 0 Å². The average molecular weight is 969 g/mol. The third-order valence-corrected chi connectivity index (χ3v) is 12.8. The Kier molecular flexibility index (Phi) is 11.9. The van der Waals surface area contributed by atoms with Crippen LogP contribution in [0, 0.1) is 0 Å². The molecule has 0 aliphatic heterocycles. The van der Waals surface area contributed by atoms with Crippen molar-refractivity contribution < 1.29 is 52.4 Å². The summed E-state index contributed by atoms with van der Waals surface area (Å²) in [6.45, 7) is 0. The van der Waals surface area contributed by atoms with E-state index in [0.29, 0.717) is 44.5 Å². The largest absolute Gasteiger partial charge is 0.453 e. The summed E-state index contributed by atoms with van der Waals surface area (Å²) in [5, 5.41) is -0.802. The maximum Gasteiger partial charge on any atom is 0.453 e. The van der Waals surface area contributed by atoms with Crippen LogP contribution in [-0.2, 0) is 18.5 Å². The van der Waals surface area contributed by atoms with Crippen LogP contribution in [0.15, 0.2) is 215 Å². The Morgan fingerprint density at radius 2 is 0.600 bits per heavy atom. The molecule has 0 saturated carbocycles. The lowest BCUT2D eigenvalue weighted by atomic mass is 9.90. The van der Waals surface area contributed by atoms with Gasteiger partial charge in [-0.3, -0.25) is 0 Å². The molecule has 10 rings (SSSR count). The Morgan fingerprint density at radius 3 is 0.900 bits per heavy atom. The fourth-order valence-corrected chi connectivity index (χ4v) is 9.46. The third kappa shape index (κ3) is 9.55. The zero-order valence-corrected chi connectivity index (χ0v) is 37.1. The second-order valence-corrected chi connectivity index (χ2v) is 17.4. The first-order chi connectivity index (χ1) is 33.5. The molecule has 0 amide bonds. The van der Waals surface area contributed by atoms with E-state index in [9.17, 15) is 13.2 Å². The zero-order valence-electron chi connectivity index (χ0n) is 36.2. The number of benzene rings is 9. The van der Waals surface area contributed by atoms with Gasteiger partial charge in [0.1, 0.15) is 5.75 Å². The summed E-state index contributed by atoms with van der Waals surface area (Å²) in [6.07, 6.45) is -14.8. The standard InChI is InChI=1S/C57H34F9O3P/c58-55(59,60)45-21-23-48(24-22-45)67-70-68-53-49(43-27-39(35-13-5-1-6-14-35)25-40(28-43)36-15-7-2-8-16-36)31-46(56(61,62)63)33-51(53)52-34-47(57(64,65)66)32-50(54(52)69-70)44-29-41(37-17-9-3-10-18-37)26-42(30-44)38-19-11-4-12-20-38/h1-34H. The SMILES string of the molecule is FC(F)(F)c1ccc(Op2oc3c(-c4cc(-c5ccccc5)cc(-c5ccccc5)c4)cc(C(F)(F)F)cc3c3cc(C(F)(F)F)cc(-c4cc(-c5ccccc5)cc(-c5ccccc5)c4)c3o2)cc1. The monoisotopic (exact) mass is 968 g/mol. The van der Waals surface area contributed by atoms with E-state index in [1.54, 1.807) is 72.8 Å². The van der Waals surface area contributed by atoms with Gasteiger partial charge in [0.2, 0.25) is 0 Å². The third-order valence-electron chi connectivity index (χ3n) is 11.7. The summed E-state index contributed by atoms with van der Waals surface area (Å²) in [5.74, 6) is -0.180. The van der Waals surface area contributed by atoms with E-state index in [1.807, 2.05) is 84.9 Å². The number of fused-ring (bicyclic) bond motifs is 3. The van der Waals surface area contributed by atoms with E-state index in [-0.39, 0.29) is 39.2 Å². The van der Waals surface area contributed by atoms with Gasteiger partial charge in [-0.1, -0.05) is 121 Å². The molecule has 0 aliphatic rings. The molecule has 10 aromatic rings. The van der Waals surface area contributed by atoms with E-state index in [0.717, 1.165) is 48.5 Å². The molecule has 0 bridgehead atoms. The molecule has 0 aliphatic carbocycles. The summed E-state index contributed by atoms with van der Waals surface area (Å²) in [5.41, 5.74) is 1.31. The second kappa shape index (κ2) is 18.2. The van der Waals surface area contributed by atoms with Crippen molar-refractivity contribution in [3.8, 4) is 72.5 Å². The molecule has 348 valence electrons. The highest BCUT2D eigenvalue weighted by molar-refractivity contribution is 7.32. The highest BCUT2D eigenvalue weighted by atomic mass is 31.1. The van der Waals surface area contributed by atoms with E-state index < -0.39 is 54.2 Å². The van der Waals surface area contributed by atoms with Crippen molar-refractivity contribution in [1.29, 1.82) is 0 Å². The van der Waals surface area contributed by atoms with Gasteiger partial charge in [0.15, 0.2) is 11.2 Å². The predicted octanol–water partition coefficient (Wildman–Crippen LogP) is 19.2. The number of halogens is 9. The first kappa shape index (κ1) is 45.8. The molecule has 0 saturated heterocycles. The summed E-state index contributed by atoms with van der Waals surface area (Å²) in [6, 6.07) is 53.4. The molecule has 0 radical (unpaired) electrons. The summed E-state index contributed by atoms with van der Waals surface area (Å²) in [4.78, 5) is 0. The van der Waals surface area contributed by atoms with E-state index in [2.05, 4.69) is 0 Å². The Hall–Kier alpha value is -7.95. The highest BCUT2D eigenvalue weighted by Crippen LogP contribution is 2.49. The lowest BCUT2D eigenvalue weighted by Crippen LogP contribution is -2.06. The smallest absolute Gasteiger partial charge is 0.391 e. The number of alkyl halides is 9. The number of hydrogen-bond donors (Lipinski definition) is 0. The Morgan fingerprint density at radius 1 is 0.300 bits per heavy atom. The Bertz CT molecular complexity index is 3230. The van der Waals surface area contributed by atoms with Crippen molar-refractivity contribution in [3.63, 3.8) is 0 Å². The number of rotatable bonds is 8. The maximum atomic E-state index is 15.4. The fourth-order valence-electron chi connectivity index (χ4n) is 8.36. The minimum absolute atomic E-state index is 0.170. The summed E-state index contributed by atoms with van der Waals surface area (Å²) >= 11 is 0. The molecular formula is C57H34F9O3P. The highest BCUT2D eigenvalue weighted by Gasteiger charge is 2.36. The van der Waals surface area contributed by atoms with Crippen molar-refractivity contribution in [2.45, 2.75) is 18.5 Å². The first-order valence-corrected chi connectivity index (χ1v) is 22.7. The van der Waals surface area contributed by atoms with Crippen LogP contribution in [0.25, 0.3) is 88.7 Å². The van der Waals surface area contributed by atoms with Crippen LogP contribution >= 0.6 is 8.24 Å². The van der Waals surface area contributed by atoms with Crippen LogP contribution in [0.1, 0.15) is 16.7 Å². The predicted molar refractivity (Wildman–Crippen MR) is 256 cm³/mol. The number of hydrogen-bond acceptors (Lipinski definition) is 3. The fraction of sp³-hybridized carbons (Fsp3) is 0.0526. The topological polar surface area (TPSA) is 35.5 Å². The molecule has 3 nitrogen and oxygen atoms in total. The van der Waals surface area contributed by atoms with Gasteiger partial charge in [-0.15, -0.1) is 0 Å². The quantitative estimate of drug-likeness (QED) is 0.142. The second-order valence-electron chi connectivity index (χ2n) is 16.4. The van der Waals surface area contributed by atoms with Gasteiger partial charge < -0.3 is 12.9 Å². The normalized spacial score (nSPS) is 12.1. The molecule has 0 unspecified atom stereocenters.